The highest BCUT2D eigenvalue weighted by atomic mass is 16.4. The quantitative estimate of drug-likeness (QED) is 0.447. The highest BCUT2D eigenvalue weighted by Crippen LogP contribution is 2.07. The molecule has 2 aromatic heterocycles. The van der Waals surface area contributed by atoms with E-state index < -0.39 is 0 Å². The van der Waals surface area contributed by atoms with Gasteiger partial charge < -0.3 is 5.21 Å². The molecule has 74 valence electrons. The molecule has 2 heterocycles. The summed E-state index contributed by atoms with van der Waals surface area (Å²) in [5, 5.41) is 19.6. The summed E-state index contributed by atoms with van der Waals surface area (Å²) >= 11 is 0. The van der Waals surface area contributed by atoms with Crippen molar-refractivity contribution in [2.24, 2.45) is 5.16 Å². The fourth-order valence-electron chi connectivity index (χ4n) is 1.22. The molecule has 0 aliphatic heterocycles. The van der Waals surface area contributed by atoms with Crippen molar-refractivity contribution in [2.45, 2.75) is 0 Å². The van der Waals surface area contributed by atoms with E-state index in [1.165, 1.54) is 12.4 Å². The minimum atomic E-state index is 0.429. The van der Waals surface area contributed by atoms with Crippen LogP contribution in [-0.4, -0.2) is 26.1 Å². The third-order valence-corrected chi connectivity index (χ3v) is 1.89. The van der Waals surface area contributed by atoms with Crippen LogP contribution in [0.3, 0.4) is 0 Å². The number of hydrogen-bond donors (Lipinski definition) is 1. The molecule has 0 unspecified atom stereocenters. The highest BCUT2D eigenvalue weighted by molar-refractivity contribution is 6.12. The second-order valence-electron chi connectivity index (χ2n) is 2.82. The molecule has 2 rings (SSSR count). The Labute approximate surface area is 86.1 Å². The second-order valence-corrected chi connectivity index (χ2v) is 2.82. The summed E-state index contributed by atoms with van der Waals surface area (Å²) in [5.74, 6) is 0. The van der Waals surface area contributed by atoms with Gasteiger partial charge in [-0.1, -0.05) is 5.16 Å². The zero-order valence-electron chi connectivity index (χ0n) is 7.78. The first kappa shape index (κ1) is 9.26. The van der Waals surface area contributed by atoms with Crippen molar-refractivity contribution in [2.75, 3.05) is 0 Å². The Bertz CT molecular complexity index is 414. The van der Waals surface area contributed by atoms with Gasteiger partial charge in [0.15, 0.2) is 0 Å². The van der Waals surface area contributed by atoms with Crippen molar-refractivity contribution in [3.05, 3.63) is 54.1 Å². The number of nitrogens with zero attached hydrogens (tertiary/aromatic N) is 4. The molecular formula is C10H8N4O. The van der Waals surface area contributed by atoms with E-state index in [-0.39, 0.29) is 0 Å². The molecule has 0 radical (unpaired) electrons. The van der Waals surface area contributed by atoms with Gasteiger partial charge in [-0.25, -0.2) is 0 Å². The molecule has 0 aliphatic rings. The van der Waals surface area contributed by atoms with Crippen molar-refractivity contribution in [3.63, 3.8) is 0 Å². The number of aromatic nitrogens is 3. The summed E-state index contributed by atoms with van der Waals surface area (Å²) in [6.07, 6.45) is 6.34. The Morgan fingerprint density at radius 3 is 2.53 bits per heavy atom. The third-order valence-electron chi connectivity index (χ3n) is 1.89. The first-order valence-electron chi connectivity index (χ1n) is 4.31. The molecule has 15 heavy (non-hydrogen) atoms. The zero-order chi connectivity index (χ0) is 10.5. The fourth-order valence-corrected chi connectivity index (χ4v) is 1.22. The van der Waals surface area contributed by atoms with E-state index in [4.69, 9.17) is 5.21 Å². The van der Waals surface area contributed by atoms with Gasteiger partial charge in [-0.15, -0.1) is 0 Å². The van der Waals surface area contributed by atoms with Gasteiger partial charge in [0.25, 0.3) is 0 Å². The van der Waals surface area contributed by atoms with Crippen molar-refractivity contribution in [1.82, 2.24) is 15.2 Å². The summed E-state index contributed by atoms with van der Waals surface area (Å²) in [5.41, 5.74) is 1.85. The molecule has 0 amide bonds. The van der Waals surface area contributed by atoms with Crippen molar-refractivity contribution in [1.29, 1.82) is 0 Å². The first-order valence-corrected chi connectivity index (χ1v) is 4.31. The van der Waals surface area contributed by atoms with Gasteiger partial charge in [-0.3, -0.25) is 4.98 Å². The van der Waals surface area contributed by atoms with Gasteiger partial charge in [0.2, 0.25) is 0 Å². The highest BCUT2D eigenvalue weighted by Gasteiger charge is 2.07. The summed E-state index contributed by atoms with van der Waals surface area (Å²) < 4.78 is 0. The molecular weight excluding hydrogens is 192 g/mol. The molecule has 2 aromatic rings. The molecule has 0 fully saturated rings. The number of hydrogen-bond acceptors (Lipinski definition) is 5. The summed E-state index contributed by atoms with van der Waals surface area (Å²) in [6.45, 7) is 0. The zero-order valence-corrected chi connectivity index (χ0v) is 7.78. The monoisotopic (exact) mass is 200 g/mol. The van der Waals surface area contributed by atoms with E-state index in [1.807, 2.05) is 6.07 Å². The second kappa shape index (κ2) is 4.28. The maximum absolute atomic E-state index is 8.94. The molecule has 0 aliphatic carbocycles. The molecule has 0 saturated heterocycles. The van der Waals surface area contributed by atoms with Gasteiger partial charge in [-0.05, 0) is 18.2 Å². The molecule has 5 heteroatoms. The van der Waals surface area contributed by atoms with Crippen LogP contribution in [-0.2, 0) is 0 Å². The molecule has 0 aromatic carbocycles. The van der Waals surface area contributed by atoms with Crippen LogP contribution in [0.1, 0.15) is 11.1 Å². The van der Waals surface area contributed by atoms with Crippen molar-refractivity contribution < 1.29 is 5.21 Å². The largest absolute Gasteiger partial charge is 0.410 e. The van der Waals surface area contributed by atoms with Crippen LogP contribution in [0.25, 0.3) is 0 Å². The Hall–Kier alpha value is -2.30. The molecule has 1 N–H and O–H groups in total. The van der Waals surface area contributed by atoms with E-state index in [0.29, 0.717) is 11.3 Å². The topological polar surface area (TPSA) is 71.3 Å². The normalized spacial score (nSPS) is 11.3. The van der Waals surface area contributed by atoms with E-state index in [2.05, 4.69) is 20.3 Å². The summed E-state index contributed by atoms with van der Waals surface area (Å²) in [7, 11) is 0. The lowest BCUT2D eigenvalue weighted by atomic mass is 10.1. The maximum atomic E-state index is 8.94. The number of pyridine rings is 1. The van der Waals surface area contributed by atoms with Crippen LogP contribution >= 0.6 is 0 Å². The van der Waals surface area contributed by atoms with Crippen LogP contribution in [0.15, 0.2) is 48.1 Å². The smallest absolute Gasteiger partial charge is 0.120 e. The van der Waals surface area contributed by atoms with Gasteiger partial charge in [-0.2, -0.15) is 10.2 Å². The van der Waals surface area contributed by atoms with Crippen LogP contribution in [0.5, 0.6) is 0 Å². The van der Waals surface area contributed by atoms with Crippen LogP contribution in [0, 0.1) is 0 Å². The molecule has 0 bridgehead atoms. The van der Waals surface area contributed by atoms with Gasteiger partial charge in [0.1, 0.15) is 5.71 Å². The lowest BCUT2D eigenvalue weighted by molar-refractivity contribution is 0.319. The summed E-state index contributed by atoms with van der Waals surface area (Å²) in [4.78, 5) is 3.95. The lowest BCUT2D eigenvalue weighted by Crippen LogP contribution is -2.04. The Balaban J connectivity index is 2.44. The van der Waals surface area contributed by atoms with Crippen molar-refractivity contribution >= 4 is 5.71 Å². The average molecular weight is 200 g/mol. The Kier molecular flexibility index (Phi) is 2.64. The van der Waals surface area contributed by atoms with E-state index in [0.717, 1.165) is 5.56 Å². The SMILES string of the molecule is ON=C(c1cccnc1)c1ccnnc1. The predicted octanol–water partition coefficient (Wildman–Crippen LogP) is 1.10. The third kappa shape index (κ3) is 1.96. The number of oxime groups is 1. The standard InChI is InChI=1S/C10H8N4O/c15-14-10(8-2-1-4-11-6-8)9-3-5-12-13-7-9/h1-7,15H. The van der Waals surface area contributed by atoms with Gasteiger partial charge in [0, 0.05) is 23.5 Å². The minimum absolute atomic E-state index is 0.429. The molecule has 0 atom stereocenters. The van der Waals surface area contributed by atoms with E-state index in [9.17, 15) is 0 Å². The molecule has 0 spiro atoms. The van der Waals surface area contributed by atoms with E-state index in [1.54, 1.807) is 24.5 Å². The van der Waals surface area contributed by atoms with Crippen LogP contribution in [0.4, 0.5) is 0 Å². The summed E-state index contributed by atoms with van der Waals surface area (Å²) in [6, 6.07) is 5.30. The van der Waals surface area contributed by atoms with Crippen molar-refractivity contribution in [3.8, 4) is 0 Å². The first-order chi connectivity index (χ1) is 7.42. The molecule has 5 nitrogen and oxygen atoms in total. The lowest BCUT2D eigenvalue weighted by Gasteiger charge is -2.02. The maximum Gasteiger partial charge on any atom is 0.120 e. The van der Waals surface area contributed by atoms with Gasteiger partial charge in [0.05, 0.1) is 12.4 Å². The van der Waals surface area contributed by atoms with E-state index >= 15 is 0 Å². The average Bonchev–Trinajstić information content (AvgIpc) is 2.33. The fraction of sp³-hybridized carbons (Fsp3) is 0. The Morgan fingerprint density at radius 2 is 1.93 bits per heavy atom. The number of rotatable bonds is 2. The predicted molar refractivity (Wildman–Crippen MR) is 53.7 cm³/mol. The minimum Gasteiger partial charge on any atom is -0.410 e. The Morgan fingerprint density at radius 1 is 1.07 bits per heavy atom. The van der Waals surface area contributed by atoms with Gasteiger partial charge >= 0.3 is 0 Å². The molecule has 0 saturated carbocycles. The van der Waals surface area contributed by atoms with Crippen LogP contribution < -0.4 is 0 Å². The van der Waals surface area contributed by atoms with Crippen LogP contribution in [0.2, 0.25) is 0 Å².